The number of amides is 1. The van der Waals surface area contributed by atoms with E-state index in [-0.39, 0.29) is 18.6 Å². The van der Waals surface area contributed by atoms with E-state index in [4.69, 9.17) is 14.6 Å². The van der Waals surface area contributed by atoms with E-state index in [1.165, 1.54) is 0 Å². The number of carbonyl (C=O) groups is 1. The Morgan fingerprint density at radius 3 is 2.62 bits per heavy atom. The van der Waals surface area contributed by atoms with Gasteiger partial charge >= 0.3 is 0 Å². The van der Waals surface area contributed by atoms with Crippen LogP contribution in [0.1, 0.15) is 30.1 Å². The number of nitrogens with zero attached hydrogens (tertiary/aromatic N) is 1. The fourth-order valence-corrected chi connectivity index (χ4v) is 3.13. The number of ether oxygens (including phenoxy) is 2. The van der Waals surface area contributed by atoms with Gasteiger partial charge in [-0.25, -0.2) is 0 Å². The molecule has 29 heavy (non-hydrogen) atoms. The van der Waals surface area contributed by atoms with Crippen LogP contribution in [-0.2, 0) is 0 Å². The van der Waals surface area contributed by atoms with Crippen LogP contribution in [0.3, 0.4) is 0 Å². The maximum atomic E-state index is 12.4. The topological polar surface area (TPSA) is 80.7 Å². The molecule has 1 atom stereocenters. The molecule has 150 valence electrons. The third kappa shape index (κ3) is 4.32. The third-order valence-corrected chi connectivity index (χ3v) is 4.90. The van der Waals surface area contributed by atoms with Gasteiger partial charge in [-0.1, -0.05) is 12.1 Å². The number of aliphatic hydroxyl groups is 1. The summed E-state index contributed by atoms with van der Waals surface area (Å²) in [5.74, 6) is 1.29. The van der Waals surface area contributed by atoms with Gasteiger partial charge in [0.05, 0.1) is 30.9 Å². The van der Waals surface area contributed by atoms with Crippen LogP contribution in [0.5, 0.6) is 11.5 Å². The molecule has 1 fully saturated rings. The first-order chi connectivity index (χ1) is 14.1. The van der Waals surface area contributed by atoms with Gasteiger partial charge in [-0.3, -0.25) is 9.78 Å². The van der Waals surface area contributed by atoms with Crippen molar-refractivity contribution in [3.8, 4) is 22.6 Å². The monoisotopic (exact) mass is 392 g/mol. The molecule has 1 heterocycles. The molecule has 0 bridgehead atoms. The molecule has 1 aliphatic carbocycles. The number of hydrogen-bond donors (Lipinski definition) is 2. The van der Waals surface area contributed by atoms with Crippen LogP contribution in [-0.4, -0.2) is 41.9 Å². The summed E-state index contributed by atoms with van der Waals surface area (Å²) >= 11 is 0. The number of fused-ring (bicyclic) bond motifs is 1. The number of rotatable bonds is 7. The Kier molecular flexibility index (Phi) is 5.36. The van der Waals surface area contributed by atoms with Crippen LogP contribution in [0.2, 0.25) is 0 Å². The van der Waals surface area contributed by atoms with Gasteiger partial charge in [0, 0.05) is 23.2 Å². The molecule has 1 saturated carbocycles. The summed E-state index contributed by atoms with van der Waals surface area (Å²) in [7, 11) is 1.62. The number of hydrogen-bond acceptors (Lipinski definition) is 5. The maximum absolute atomic E-state index is 12.4. The highest BCUT2D eigenvalue weighted by atomic mass is 16.5. The summed E-state index contributed by atoms with van der Waals surface area (Å²) in [6, 6.07) is 13.2. The largest absolute Gasteiger partial charge is 0.497 e. The predicted octanol–water partition coefficient (Wildman–Crippen LogP) is 3.56. The van der Waals surface area contributed by atoms with Crippen LogP contribution in [0.25, 0.3) is 22.0 Å². The van der Waals surface area contributed by atoms with Gasteiger partial charge < -0.3 is 19.9 Å². The predicted molar refractivity (Wildman–Crippen MR) is 111 cm³/mol. The van der Waals surface area contributed by atoms with E-state index in [0.717, 1.165) is 40.6 Å². The molecule has 6 nitrogen and oxygen atoms in total. The summed E-state index contributed by atoms with van der Waals surface area (Å²) in [5.41, 5.74) is 3.14. The van der Waals surface area contributed by atoms with Crippen molar-refractivity contribution in [1.82, 2.24) is 10.3 Å². The molecule has 3 aromatic rings. The molecule has 0 unspecified atom stereocenters. The number of benzene rings is 2. The summed E-state index contributed by atoms with van der Waals surface area (Å²) in [6.07, 6.45) is 4.17. The number of methoxy groups -OCH3 is 1. The third-order valence-electron chi connectivity index (χ3n) is 4.90. The summed E-state index contributed by atoms with van der Waals surface area (Å²) in [6.45, 7) is 1.62. The first-order valence-electron chi connectivity index (χ1n) is 9.74. The second kappa shape index (κ2) is 8.09. The van der Waals surface area contributed by atoms with E-state index in [9.17, 15) is 4.79 Å². The summed E-state index contributed by atoms with van der Waals surface area (Å²) < 4.78 is 11.3. The average molecular weight is 392 g/mol. The van der Waals surface area contributed by atoms with Crippen molar-refractivity contribution < 1.29 is 19.4 Å². The minimum Gasteiger partial charge on any atom is -0.497 e. The second-order valence-electron chi connectivity index (χ2n) is 7.37. The van der Waals surface area contributed by atoms with Crippen LogP contribution in [0.15, 0.2) is 48.7 Å². The molecule has 2 N–H and O–H groups in total. The normalized spacial score (nSPS) is 14.4. The molecule has 1 aromatic heterocycles. The zero-order valence-electron chi connectivity index (χ0n) is 16.5. The smallest absolute Gasteiger partial charge is 0.253 e. The highest BCUT2D eigenvalue weighted by molar-refractivity contribution is 6.01. The SMILES string of the molecule is COc1cc(-c2ccc(OC3CC3)cc2)c2ncc(C(=O)N[C@H](C)CO)cc2c1. The molecular formula is C23H24N2O4. The van der Waals surface area contributed by atoms with E-state index < -0.39 is 0 Å². The first-order valence-corrected chi connectivity index (χ1v) is 9.74. The van der Waals surface area contributed by atoms with Crippen molar-refractivity contribution in [3.63, 3.8) is 0 Å². The summed E-state index contributed by atoms with van der Waals surface area (Å²) in [4.78, 5) is 16.9. The number of carbonyl (C=O) groups excluding carboxylic acids is 1. The van der Waals surface area contributed by atoms with Crippen molar-refractivity contribution in [2.24, 2.45) is 0 Å². The second-order valence-corrected chi connectivity index (χ2v) is 7.37. The lowest BCUT2D eigenvalue weighted by Gasteiger charge is -2.13. The molecular weight excluding hydrogens is 368 g/mol. The molecule has 0 radical (unpaired) electrons. The zero-order chi connectivity index (χ0) is 20.4. The lowest BCUT2D eigenvalue weighted by molar-refractivity contribution is 0.0922. The van der Waals surface area contributed by atoms with Gasteiger partial charge in [-0.15, -0.1) is 0 Å². The van der Waals surface area contributed by atoms with Gasteiger partial charge in [0.25, 0.3) is 5.91 Å². The van der Waals surface area contributed by atoms with Crippen LogP contribution in [0.4, 0.5) is 0 Å². The van der Waals surface area contributed by atoms with Crippen LogP contribution >= 0.6 is 0 Å². The van der Waals surface area contributed by atoms with Crippen molar-refractivity contribution in [2.75, 3.05) is 13.7 Å². The van der Waals surface area contributed by atoms with Gasteiger partial charge in [0.1, 0.15) is 11.5 Å². The fourth-order valence-electron chi connectivity index (χ4n) is 3.13. The van der Waals surface area contributed by atoms with E-state index in [2.05, 4.69) is 10.3 Å². The van der Waals surface area contributed by atoms with Crippen molar-refractivity contribution >= 4 is 16.8 Å². The molecule has 6 heteroatoms. The zero-order valence-corrected chi connectivity index (χ0v) is 16.5. The molecule has 1 aliphatic rings. The van der Waals surface area contributed by atoms with E-state index in [1.807, 2.05) is 36.4 Å². The highest BCUT2D eigenvalue weighted by Crippen LogP contribution is 2.34. The van der Waals surface area contributed by atoms with Crippen molar-refractivity contribution in [1.29, 1.82) is 0 Å². The van der Waals surface area contributed by atoms with Gasteiger partial charge in [-0.05, 0) is 55.7 Å². The molecule has 0 saturated heterocycles. The molecule has 0 aliphatic heterocycles. The lowest BCUT2D eigenvalue weighted by atomic mass is 10.0. The van der Waals surface area contributed by atoms with Crippen molar-refractivity contribution in [2.45, 2.75) is 31.9 Å². The number of nitrogens with one attached hydrogen (secondary N) is 1. The first kappa shape index (κ1) is 19.2. The Hall–Kier alpha value is -3.12. The molecule has 4 rings (SSSR count). The van der Waals surface area contributed by atoms with E-state index >= 15 is 0 Å². The fraction of sp³-hybridized carbons (Fsp3) is 0.304. The number of aliphatic hydroxyl groups excluding tert-OH is 1. The minimum atomic E-state index is -0.324. The molecule has 1 amide bonds. The average Bonchev–Trinajstić information content (AvgIpc) is 3.56. The Morgan fingerprint density at radius 2 is 1.97 bits per heavy atom. The van der Waals surface area contributed by atoms with Gasteiger partial charge in [-0.2, -0.15) is 0 Å². The molecule has 0 spiro atoms. The Morgan fingerprint density at radius 1 is 1.21 bits per heavy atom. The Labute approximate surface area is 169 Å². The number of pyridine rings is 1. The quantitative estimate of drug-likeness (QED) is 0.643. The Balaban J connectivity index is 1.70. The maximum Gasteiger partial charge on any atom is 0.253 e. The Bertz CT molecular complexity index is 1030. The van der Waals surface area contributed by atoms with E-state index in [1.54, 1.807) is 26.3 Å². The number of aromatic nitrogens is 1. The standard InChI is InChI=1S/C23H24N2O4/c1-14(13-26)25-23(27)17-9-16-10-20(28-2)11-21(22(16)24-12-17)15-3-5-18(6-4-15)29-19-7-8-19/h3-6,9-12,14,19,26H,7-8,13H2,1-2H3,(H,25,27)/t14-/m1/s1. The van der Waals surface area contributed by atoms with E-state index in [0.29, 0.717) is 17.4 Å². The van der Waals surface area contributed by atoms with Crippen LogP contribution in [0, 0.1) is 0 Å². The van der Waals surface area contributed by atoms with Crippen LogP contribution < -0.4 is 14.8 Å². The van der Waals surface area contributed by atoms with Crippen molar-refractivity contribution in [3.05, 3.63) is 54.2 Å². The lowest BCUT2D eigenvalue weighted by Crippen LogP contribution is -2.35. The highest BCUT2D eigenvalue weighted by Gasteiger charge is 2.23. The van der Waals surface area contributed by atoms with Gasteiger partial charge in [0.15, 0.2) is 0 Å². The summed E-state index contributed by atoms with van der Waals surface area (Å²) in [5, 5.41) is 12.7. The minimum absolute atomic E-state index is 0.120. The molecule has 2 aromatic carbocycles. The van der Waals surface area contributed by atoms with Gasteiger partial charge in [0.2, 0.25) is 0 Å².